The van der Waals surface area contributed by atoms with Crippen molar-refractivity contribution in [2.75, 3.05) is 13.2 Å². The predicted octanol–water partition coefficient (Wildman–Crippen LogP) is 5.48. The third-order valence-electron chi connectivity index (χ3n) is 4.84. The minimum atomic E-state index is -0.547. The fourth-order valence-electron chi connectivity index (χ4n) is 3.52. The average Bonchev–Trinajstić information content (AvgIpc) is 3.05. The van der Waals surface area contributed by atoms with Gasteiger partial charge in [-0.15, -0.1) is 0 Å². The van der Waals surface area contributed by atoms with Crippen molar-refractivity contribution < 1.29 is 13.9 Å². The lowest BCUT2D eigenvalue weighted by atomic mass is 9.98. The lowest BCUT2D eigenvalue weighted by Crippen LogP contribution is -2.26. The van der Waals surface area contributed by atoms with Crippen molar-refractivity contribution in [3.8, 4) is 23.0 Å². The van der Waals surface area contributed by atoms with Gasteiger partial charge in [-0.05, 0) is 50.3 Å². The molecule has 0 bridgehead atoms. The van der Waals surface area contributed by atoms with Gasteiger partial charge in [0.05, 0.1) is 12.1 Å². The molecule has 0 atom stereocenters. The van der Waals surface area contributed by atoms with Gasteiger partial charge < -0.3 is 10.1 Å². The van der Waals surface area contributed by atoms with Crippen LogP contribution in [0.1, 0.15) is 22.6 Å². The highest BCUT2D eigenvalue weighted by Crippen LogP contribution is 2.44. The van der Waals surface area contributed by atoms with Gasteiger partial charge in [0, 0.05) is 10.4 Å². The molecule has 1 N–H and O–H groups in total. The molecule has 1 aliphatic rings. The van der Waals surface area contributed by atoms with Crippen LogP contribution in [-0.2, 0) is 4.74 Å². The minimum absolute atomic E-state index is 0.00797. The van der Waals surface area contributed by atoms with Crippen LogP contribution in [0.15, 0.2) is 71.2 Å². The van der Waals surface area contributed by atoms with Gasteiger partial charge in [-0.1, -0.05) is 66.4 Å². The van der Waals surface area contributed by atoms with Crippen molar-refractivity contribution in [1.82, 2.24) is 5.32 Å². The molecule has 0 radical (unpaired) electrons. The summed E-state index contributed by atoms with van der Waals surface area (Å²) in [6.07, 6.45) is -0.547. The second-order valence-corrected chi connectivity index (χ2v) is 7.43. The Morgan fingerprint density at radius 2 is 1.66 bits per heavy atom. The number of carbonyl (C=O) groups excluding carboxylic acids is 1. The number of nitrogens with one attached hydrogen (secondary N) is 1. The summed E-state index contributed by atoms with van der Waals surface area (Å²) in [5, 5.41) is 2.59. The summed E-state index contributed by atoms with van der Waals surface area (Å²) in [6, 6.07) is 21.0. The zero-order chi connectivity index (χ0) is 20.2. The minimum Gasteiger partial charge on any atom is -0.449 e. The van der Waals surface area contributed by atoms with Crippen molar-refractivity contribution in [2.24, 2.45) is 0 Å². The van der Waals surface area contributed by atoms with E-state index in [-0.39, 0.29) is 24.6 Å². The van der Waals surface area contributed by atoms with E-state index in [1.807, 2.05) is 24.3 Å². The first-order valence-corrected chi connectivity index (χ1v) is 9.96. The molecule has 0 aliphatic heterocycles. The summed E-state index contributed by atoms with van der Waals surface area (Å²) >= 11 is 3.26. The zero-order valence-electron chi connectivity index (χ0n) is 15.4. The molecule has 0 saturated carbocycles. The molecule has 0 spiro atoms. The second kappa shape index (κ2) is 8.50. The molecule has 0 fully saturated rings. The fourth-order valence-corrected chi connectivity index (χ4v) is 3.96. The van der Waals surface area contributed by atoms with E-state index in [2.05, 4.69) is 57.4 Å². The molecule has 3 aromatic rings. The molecule has 1 aliphatic carbocycles. The molecule has 5 heteroatoms. The largest absolute Gasteiger partial charge is 0.449 e. The van der Waals surface area contributed by atoms with Crippen LogP contribution in [0.5, 0.6) is 0 Å². The first-order valence-electron chi connectivity index (χ1n) is 9.17. The van der Waals surface area contributed by atoms with Gasteiger partial charge in [-0.3, -0.25) is 0 Å². The Morgan fingerprint density at radius 3 is 2.31 bits per heavy atom. The highest BCUT2D eigenvalue weighted by molar-refractivity contribution is 9.10. The van der Waals surface area contributed by atoms with E-state index in [4.69, 9.17) is 4.74 Å². The molecule has 3 nitrogen and oxygen atoms in total. The van der Waals surface area contributed by atoms with E-state index in [0.717, 1.165) is 11.1 Å². The lowest BCUT2D eigenvalue weighted by Gasteiger charge is -2.14. The topological polar surface area (TPSA) is 38.3 Å². The number of ether oxygens (including phenoxy) is 1. The summed E-state index contributed by atoms with van der Waals surface area (Å²) < 4.78 is 19.7. The number of rotatable bonds is 3. The molecule has 0 saturated heterocycles. The molecular weight excluding hydrogens is 433 g/mol. The van der Waals surface area contributed by atoms with Crippen LogP contribution in [-0.4, -0.2) is 19.2 Å². The average molecular weight is 450 g/mol. The maximum atomic E-state index is 13.7. The monoisotopic (exact) mass is 449 g/mol. The van der Waals surface area contributed by atoms with Gasteiger partial charge in [0.1, 0.15) is 12.4 Å². The van der Waals surface area contributed by atoms with Crippen molar-refractivity contribution >= 4 is 22.0 Å². The number of benzene rings is 3. The van der Waals surface area contributed by atoms with Crippen molar-refractivity contribution in [2.45, 2.75) is 5.92 Å². The molecule has 3 aromatic carbocycles. The summed E-state index contributed by atoms with van der Waals surface area (Å²) in [5.74, 6) is 5.06. The second-order valence-electron chi connectivity index (χ2n) is 6.58. The first-order chi connectivity index (χ1) is 14.1. The summed E-state index contributed by atoms with van der Waals surface area (Å²) in [6.45, 7) is 0.309. The van der Waals surface area contributed by atoms with E-state index in [1.165, 1.54) is 17.2 Å². The van der Waals surface area contributed by atoms with Crippen LogP contribution < -0.4 is 5.32 Å². The van der Waals surface area contributed by atoms with E-state index >= 15 is 0 Å². The van der Waals surface area contributed by atoms with Gasteiger partial charge in [-0.25, -0.2) is 9.18 Å². The fraction of sp³-hybridized carbons (Fsp3) is 0.125. The number of carbonyl (C=O) groups is 1. The van der Waals surface area contributed by atoms with E-state index in [0.29, 0.717) is 4.47 Å². The van der Waals surface area contributed by atoms with Crippen molar-refractivity contribution in [1.29, 1.82) is 0 Å². The highest BCUT2D eigenvalue weighted by atomic mass is 79.9. The van der Waals surface area contributed by atoms with E-state index in [9.17, 15) is 9.18 Å². The normalized spacial score (nSPS) is 11.8. The maximum Gasteiger partial charge on any atom is 0.407 e. The van der Waals surface area contributed by atoms with Crippen LogP contribution in [0.3, 0.4) is 0 Å². The van der Waals surface area contributed by atoms with Gasteiger partial charge in [0.15, 0.2) is 0 Å². The molecule has 0 aromatic heterocycles. The predicted molar refractivity (Wildman–Crippen MR) is 114 cm³/mol. The summed E-state index contributed by atoms with van der Waals surface area (Å²) in [7, 11) is 0. The Hall–Kier alpha value is -3.10. The SMILES string of the molecule is O=C(NCC#Cc1c(F)cccc1Br)OCC1c2ccccc2-c2ccccc21. The Labute approximate surface area is 177 Å². The summed E-state index contributed by atoms with van der Waals surface area (Å²) in [5.41, 5.74) is 4.94. The number of hydrogen-bond donors (Lipinski definition) is 1. The van der Waals surface area contributed by atoms with Gasteiger partial charge in [0.25, 0.3) is 0 Å². The first kappa shape index (κ1) is 19.2. The lowest BCUT2D eigenvalue weighted by molar-refractivity contribution is 0.144. The van der Waals surface area contributed by atoms with Gasteiger partial charge in [0.2, 0.25) is 0 Å². The molecule has 1 amide bonds. The quantitative estimate of drug-likeness (QED) is 0.537. The molecule has 0 unspecified atom stereocenters. The van der Waals surface area contributed by atoms with Gasteiger partial charge in [-0.2, -0.15) is 0 Å². The van der Waals surface area contributed by atoms with Crippen LogP contribution in [0, 0.1) is 17.7 Å². The Bertz CT molecular complexity index is 1070. The van der Waals surface area contributed by atoms with Crippen LogP contribution >= 0.6 is 15.9 Å². The van der Waals surface area contributed by atoms with Crippen molar-refractivity contribution in [3.63, 3.8) is 0 Å². The van der Waals surface area contributed by atoms with Crippen LogP contribution in [0.4, 0.5) is 9.18 Å². The standard InChI is InChI=1S/C24H17BrFNO2/c25-22-12-5-13-23(26)20(22)11-6-14-27-24(28)29-15-21-18-9-3-1-7-16(18)17-8-2-4-10-19(17)21/h1-5,7-10,12-13,21H,14-15H2,(H,27,28). The summed E-state index contributed by atoms with van der Waals surface area (Å²) in [4.78, 5) is 12.1. The molecule has 29 heavy (non-hydrogen) atoms. The smallest absolute Gasteiger partial charge is 0.407 e. The molecular formula is C24H17BrFNO2. The Balaban J connectivity index is 1.37. The number of fused-ring (bicyclic) bond motifs is 3. The Kier molecular flexibility index (Phi) is 5.64. The van der Waals surface area contributed by atoms with E-state index < -0.39 is 11.9 Å². The van der Waals surface area contributed by atoms with Crippen LogP contribution in [0.2, 0.25) is 0 Å². The number of halogens is 2. The van der Waals surface area contributed by atoms with Crippen molar-refractivity contribution in [3.05, 3.63) is 93.7 Å². The maximum absolute atomic E-state index is 13.7. The highest BCUT2D eigenvalue weighted by Gasteiger charge is 2.28. The third kappa shape index (κ3) is 4.03. The molecule has 0 heterocycles. The number of alkyl carbamates (subject to hydrolysis) is 1. The number of hydrogen-bond acceptors (Lipinski definition) is 2. The zero-order valence-corrected chi connectivity index (χ0v) is 17.0. The Morgan fingerprint density at radius 1 is 1.00 bits per heavy atom. The molecule has 144 valence electrons. The number of amides is 1. The van der Waals surface area contributed by atoms with Gasteiger partial charge >= 0.3 is 6.09 Å². The molecule has 4 rings (SSSR count). The van der Waals surface area contributed by atoms with E-state index in [1.54, 1.807) is 12.1 Å². The third-order valence-corrected chi connectivity index (χ3v) is 5.50. The van der Waals surface area contributed by atoms with Crippen LogP contribution in [0.25, 0.3) is 11.1 Å².